The summed E-state index contributed by atoms with van der Waals surface area (Å²) in [6, 6.07) is 3.47. The Morgan fingerprint density at radius 2 is 2.00 bits per heavy atom. The molecule has 1 aromatic rings. The molecule has 0 bridgehead atoms. The second-order valence-electron chi connectivity index (χ2n) is 5.71. The number of hydrogen-bond donors (Lipinski definition) is 1. The number of nitrogens with zero attached hydrogens (tertiary/aromatic N) is 1. The van der Waals surface area contributed by atoms with E-state index in [2.05, 4.69) is 16.8 Å². The van der Waals surface area contributed by atoms with Gasteiger partial charge in [-0.15, -0.1) is 31.4 Å². The van der Waals surface area contributed by atoms with Crippen LogP contribution >= 0.6 is 36.4 Å². The van der Waals surface area contributed by atoms with E-state index in [1.165, 1.54) is 0 Å². The Hall–Kier alpha value is -0.520. The zero-order valence-corrected chi connectivity index (χ0v) is 16.5. The van der Waals surface area contributed by atoms with Crippen molar-refractivity contribution in [3.05, 3.63) is 40.7 Å². The third-order valence-electron chi connectivity index (χ3n) is 3.83. The number of hydrogen-bond acceptors (Lipinski definition) is 3. The van der Waals surface area contributed by atoms with Gasteiger partial charge in [0, 0.05) is 32.2 Å². The fraction of sp³-hybridized carbons (Fsp3) is 0.529. The van der Waals surface area contributed by atoms with Crippen molar-refractivity contribution < 1.29 is 9.13 Å². The number of nitrogens with one attached hydrogen (secondary N) is 1. The Bertz CT molecular complexity index is 514. The highest BCUT2D eigenvalue weighted by atomic mass is 35.5. The van der Waals surface area contributed by atoms with Gasteiger partial charge in [0.15, 0.2) is 11.6 Å². The second kappa shape index (κ2) is 11.2. The SMILES string of the molecule is C=C(C)C[C@@H](c1cc(F)c(OCC)c(Cl)c1)N1CCNCC1.Cl.Cl. The van der Waals surface area contributed by atoms with Crippen molar-refractivity contribution in [2.24, 2.45) is 0 Å². The summed E-state index contributed by atoms with van der Waals surface area (Å²) in [6.07, 6.45) is 0.795. The van der Waals surface area contributed by atoms with Gasteiger partial charge in [0.05, 0.1) is 11.6 Å². The van der Waals surface area contributed by atoms with Crippen LogP contribution in [0.1, 0.15) is 31.9 Å². The number of halogens is 4. The minimum atomic E-state index is -0.397. The molecule has 138 valence electrons. The van der Waals surface area contributed by atoms with Crippen LogP contribution in [0, 0.1) is 5.82 Å². The third-order valence-corrected chi connectivity index (χ3v) is 4.11. The van der Waals surface area contributed by atoms with Crippen molar-refractivity contribution in [1.29, 1.82) is 0 Å². The normalized spacial score (nSPS) is 15.8. The lowest BCUT2D eigenvalue weighted by atomic mass is 9.97. The molecule has 0 aromatic heterocycles. The summed E-state index contributed by atoms with van der Waals surface area (Å²) in [6.45, 7) is 12.0. The molecule has 0 spiro atoms. The number of benzene rings is 1. The number of piperazine rings is 1. The lowest BCUT2D eigenvalue weighted by molar-refractivity contribution is 0.172. The molecule has 1 atom stereocenters. The van der Waals surface area contributed by atoms with Crippen LogP contribution in [0.5, 0.6) is 5.75 Å². The molecule has 0 saturated carbocycles. The van der Waals surface area contributed by atoms with E-state index in [1.807, 2.05) is 19.9 Å². The molecule has 1 heterocycles. The quantitative estimate of drug-likeness (QED) is 0.706. The zero-order chi connectivity index (χ0) is 16.1. The summed E-state index contributed by atoms with van der Waals surface area (Å²) in [5.74, 6) is -0.256. The van der Waals surface area contributed by atoms with Crippen LogP contribution in [-0.2, 0) is 0 Å². The molecule has 3 nitrogen and oxygen atoms in total. The third kappa shape index (κ3) is 6.08. The van der Waals surface area contributed by atoms with Crippen LogP contribution in [0.4, 0.5) is 4.39 Å². The van der Waals surface area contributed by atoms with E-state index in [9.17, 15) is 4.39 Å². The van der Waals surface area contributed by atoms with Gasteiger partial charge in [-0.2, -0.15) is 0 Å². The van der Waals surface area contributed by atoms with E-state index >= 15 is 0 Å². The second-order valence-corrected chi connectivity index (χ2v) is 6.12. The van der Waals surface area contributed by atoms with E-state index in [1.54, 1.807) is 6.07 Å². The minimum absolute atomic E-state index is 0. The summed E-state index contributed by atoms with van der Waals surface area (Å²) >= 11 is 6.21. The van der Waals surface area contributed by atoms with Crippen molar-refractivity contribution in [3.63, 3.8) is 0 Å². The molecule has 1 aliphatic rings. The summed E-state index contributed by atoms with van der Waals surface area (Å²) < 4.78 is 19.6. The predicted octanol–water partition coefficient (Wildman–Crippen LogP) is 4.63. The molecule has 0 unspecified atom stereocenters. The first-order chi connectivity index (χ1) is 10.5. The van der Waals surface area contributed by atoms with Gasteiger partial charge in [-0.05, 0) is 38.0 Å². The zero-order valence-electron chi connectivity index (χ0n) is 14.1. The molecule has 0 radical (unpaired) electrons. The van der Waals surface area contributed by atoms with Gasteiger partial charge in [-0.25, -0.2) is 4.39 Å². The summed E-state index contributed by atoms with van der Waals surface area (Å²) in [5, 5.41) is 3.67. The highest BCUT2D eigenvalue weighted by Crippen LogP contribution is 2.35. The van der Waals surface area contributed by atoms with Crippen LogP contribution in [-0.4, -0.2) is 37.7 Å². The van der Waals surface area contributed by atoms with Crippen molar-refractivity contribution >= 4 is 36.4 Å². The summed E-state index contributed by atoms with van der Waals surface area (Å²) in [4.78, 5) is 2.36. The van der Waals surface area contributed by atoms with Gasteiger partial charge in [0.2, 0.25) is 0 Å². The lowest BCUT2D eigenvalue weighted by Crippen LogP contribution is -2.45. The van der Waals surface area contributed by atoms with Crippen molar-refractivity contribution in [1.82, 2.24) is 10.2 Å². The molecule has 1 aliphatic heterocycles. The minimum Gasteiger partial charge on any atom is -0.489 e. The maximum atomic E-state index is 14.3. The maximum Gasteiger partial charge on any atom is 0.173 e. The number of rotatable bonds is 6. The van der Waals surface area contributed by atoms with Crippen molar-refractivity contribution in [2.75, 3.05) is 32.8 Å². The standard InChI is InChI=1S/C17H24ClFN2O.2ClH/c1-4-22-17-14(18)10-13(11-15(17)19)16(9-12(2)3)21-7-5-20-6-8-21;;/h10-11,16,20H,2,4-9H2,1,3H3;2*1H/t16-;;/m0../s1. The van der Waals surface area contributed by atoms with E-state index in [-0.39, 0.29) is 36.6 Å². The lowest BCUT2D eigenvalue weighted by Gasteiger charge is -2.35. The molecule has 2 rings (SSSR count). The van der Waals surface area contributed by atoms with Crippen molar-refractivity contribution in [2.45, 2.75) is 26.3 Å². The van der Waals surface area contributed by atoms with E-state index in [4.69, 9.17) is 16.3 Å². The Kier molecular flexibility index (Phi) is 10.9. The average Bonchev–Trinajstić information content (AvgIpc) is 2.49. The smallest absolute Gasteiger partial charge is 0.173 e. The largest absolute Gasteiger partial charge is 0.489 e. The monoisotopic (exact) mass is 398 g/mol. The fourth-order valence-corrected chi connectivity index (χ4v) is 3.11. The maximum absolute atomic E-state index is 14.3. The van der Waals surface area contributed by atoms with Crippen LogP contribution < -0.4 is 10.1 Å². The molecule has 1 fully saturated rings. The van der Waals surface area contributed by atoms with Crippen LogP contribution in [0.25, 0.3) is 0 Å². The van der Waals surface area contributed by atoms with Gasteiger partial charge in [-0.1, -0.05) is 17.2 Å². The van der Waals surface area contributed by atoms with Gasteiger partial charge < -0.3 is 10.1 Å². The van der Waals surface area contributed by atoms with Gasteiger partial charge >= 0.3 is 0 Å². The molecule has 0 amide bonds. The predicted molar refractivity (Wildman–Crippen MR) is 104 cm³/mol. The number of ether oxygens (including phenoxy) is 1. The summed E-state index contributed by atoms with van der Waals surface area (Å²) in [7, 11) is 0. The molecule has 1 aromatic carbocycles. The molecular weight excluding hydrogens is 374 g/mol. The first-order valence-corrected chi connectivity index (χ1v) is 8.11. The first-order valence-electron chi connectivity index (χ1n) is 7.73. The molecule has 24 heavy (non-hydrogen) atoms. The van der Waals surface area contributed by atoms with Gasteiger partial charge in [0.1, 0.15) is 0 Å². The molecular formula is C17H26Cl3FN2O. The van der Waals surface area contributed by atoms with Crippen molar-refractivity contribution in [3.8, 4) is 5.75 Å². The van der Waals surface area contributed by atoms with Crippen LogP contribution in [0.3, 0.4) is 0 Å². The highest BCUT2D eigenvalue weighted by molar-refractivity contribution is 6.32. The van der Waals surface area contributed by atoms with Gasteiger partial charge in [0.25, 0.3) is 0 Å². The Morgan fingerprint density at radius 1 is 1.38 bits per heavy atom. The van der Waals surface area contributed by atoms with Crippen LogP contribution in [0.15, 0.2) is 24.3 Å². The topological polar surface area (TPSA) is 24.5 Å². The van der Waals surface area contributed by atoms with E-state index < -0.39 is 5.82 Å². The molecule has 7 heteroatoms. The Morgan fingerprint density at radius 3 is 2.50 bits per heavy atom. The highest BCUT2D eigenvalue weighted by Gasteiger charge is 2.24. The average molecular weight is 400 g/mol. The molecule has 1 N–H and O–H groups in total. The van der Waals surface area contributed by atoms with Crippen LogP contribution in [0.2, 0.25) is 5.02 Å². The van der Waals surface area contributed by atoms with E-state index in [0.717, 1.165) is 43.7 Å². The van der Waals surface area contributed by atoms with E-state index in [0.29, 0.717) is 11.6 Å². The molecule has 0 aliphatic carbocycles. The Balaban J connectivity index is 0.00000264. The summed E-state index contributed by atoms with van der Waals surface area (Å²) in [5.41, 5.74) is 1.96. The van der Waals surface area contributed by atoms with Gasteiger partial charge in [-0.3, -0.25) is 4.90 Å². The molecule has 1 saturated heterocycles. The first kappa shape index (κ1) is 23.5. The fourth-order valence-electron chi connectivity index (χ4n) is 2.84. The Labute approximate surface area is 161 Å².